The summed E-state index contributed by atoms with van der Waals surface area (Å²) >= 11 is 1.37. The Kier molecular flexibility index (Phi) is 5.72. The highest BCUT2D eigenvalue weighted by atomic mass is 32.2. The lowest BCUT2D eigenvalue weighted by atomic mass is 9.82. The fraction of sp³-hybridized carbons (Fsp3) is 0.550. The molecule has 0 spiro atoms. The fourth-order valence-corrected chi connectivity index (χ4v) is 5.43. The van der Waals surface area contributed by atoms with Crippen molar-refractivity contribution in [3.8, 4) is 0 Å². The topological polar surface area (TPSA) is 59.1 Å². The molecule has 1 aliphatic rings. The number of rotatable bonds is 6. The van der Waals surface area contributed by atoms with E-state index in [1.54, 1.807) is 12.1 Å². The molecular weight excluding hydrogens is 364 g/mol. The summed E-state index contributed by atoms with van der Waals surface area (Å²) < 4.78 is 28.0. The second-order valence-electron chi connectivity index (χ2n) is 7.78. The van der Waals surface area contributed by atoms with Crippen LogP contribution in [-0.4, -0.2) is 13.4 Å². The molecule has 0 radical (unpaired) electrons. The third-order valence-electron chi connectivity index (χ3n) is 5.60. The normalized spacial score (nSPS) is 16.6. The van der Waals surface area contributed by atoms with Crippen molar-refractivity contribution in [1.29, 1.82) is 0 Å². The molecule has 142 valence electrons. The van der Waals surface area contributed by atoms with Gasteiger partial charge in [-0.15, -0.1) is 11.3 Å². The summed E-state index contributed by atoms with van der Waals surface area (Å²) in [4.78, 5) is 4.82. The average molecular weight is 393 g/mol. The van der Waals surface area contributed by atoms with Gasteiger partial charge in [0, 0.05) is 11.3 Å². The lowest BCUT2D eigenvalue weighted by molar-refractivity contribution is 0.438. The summed E-state index contributed by atoms with van der Waals surface area (Å²) in [6, 6.07) is 7.19. The van der Waals surface area contributed by atoms with Gasteiger partial charge in [-0.1, -0.05) is 52.2 Å². The van der Waals surface area contributed by atoms with E-state index in [1.165, 1.54) is 30.6 Å². The molecule has 1 aromatic heterocycles. The van der Waals surface area contributed by atoms with Crippen molar-refractivity contribution in [2.45, 2.75) is 75.5 Å². The first kappa shape index (κ1) is 19.4. The third-order valence-corrected chi connectivity index (χ3v) is 7.86. The fourth-order valence-electron chi connectivity index (χ4n) is 3.38. The van der Waals surface area contributed by atoms with Gasteiger partial charge < -0.3 is 0 Å². The molecule has 0 atom stereocenters. The van der Waals surface area contributed by atoms with Crippen LogP contribution < -0.4 is 4.72 Å². The number of benzene rings is 1. The Hall–Kier alpha value is -1.40. The third kappa shape index (κ3) is 4.29. The van der Waals surface area contributed by atoms with E-state index in [0.717, 1.165) is 30.5 Å². The van der Waals surface area contributed by atoms with Crippen LogP contribution in [0.3, 0.4) is 0 Å². The van der Waals surface area contributed by atoms with Gasteiger partial charge >= 0.3 is 0 Å². The molecule has 1 heterocycles. The van der Waals surface area contributed by atoms with Crippen molar-refractivity contribution in [3.63, 3.8) is 0 Å². The number of hydrogen-bond donors (Lipinski definition) is 1. The Balaban J connectivity index is 1.74. The van der Waals surface area contributed by atoms with Gasteiger partial charge in [0.1, 0.15) is 0 Å². The van der Waals surface area contributed by atoms with Gasteiger partial charge in [-0.3, -0.25) is 4.72 Å². The minimum atomic E-state index is -3.60. The number of nitrogens with zero attached hydrogens (tertiary/aromatic N) is 1. The number of sulfonamides is 1. The summed E-state index contributed by atoms with van der Waals surface area (Å²) in [5, 5.41) is 2.46. The van der Waals surface area contributed by atoms with E-state index < -0.39 is 10.0 Å². The van der Waals surface area contributed by atoms with Crippen molar-refractivity contribution >= 4 is 26.5 Å². The predicted molar refractivity (Wildman–Crippen MR) is 109 cm³/mol. The van der Waals surface area contributed by atoms with E-state index in [9.17, 15) is 8.42 Å². The summed E-state index contributed by atoms with van der Waals surface area (Å²) in [5.74, 6) is 0.480. The number of aromatic nitrogens is 1. The maximum Gasteiger partial charge on any atom is 0.263 e. The monoisotopic (exact) mass is 392 g/mol. The quantitative estimate of drug-likeness (QED) is 0.688. The van der Waals surface area contributed by atoms with Gasteiger partial charge in [0.2, 0.25) is 0 Å². The molecule has 2 aromatic rings. The predicted octanol–water partition coefficient (Wildman–Crippen LogP) is 5.68. The largest absolute Gasteiger partial charge is 0.263 e. The van der Waals surface area contributed by atoms with Crippen LogP contribution in [0, 0.1) is 0 Å². The van der Waals surface area contributed by atoms with Crippen LogP contribution in [0.5, 0.6) is 0 Å². The first-order valence-corrected chi connectivity index (χ1v) is 11.8. The maximum absolute atomic E-state index is 12.7. The van der Waals surface area contributed by atoms with Gasteiger partial charge in [-0.05, 0) is 42.4 Å². The minimum absolute atomic E-state index is 0.0416. The zero-order valence-corrected chi connectivity index (χ0v) is 17.4. The lowest BCUT2D eigenvalue weighted by Gasteiger charge is -2.23. The Morgan fingerprint density at radius 2 is 1.81 bits per heavy atom. The van der Waals surface area contributed by atoms with Crippen LogP contribution in [0.15, 0.2) is 34.5 Å². The zero-order valence-electron chi connectivity index (χ0n) is 15.8. The van der Waals surface area contributed by atoms with Gasteiger partial charge in [-0.25, -0.2) is 13.4 Å². The second kappa shape index (κ2) is 7.69. The second-order valence-corrected chi connectivity index (χ2v) is 10.3. The molecule has 3 rings (SSSR count). The van der Waals surface area contributed by atoms with Crippen molar-refractivity contribution in [1.82, 2.24) is 4.98 Å². The molecule has 1 aliphatic carbocycles. The van der Waals surface area contributed by atoms with Crippen molar-refractivity contribution in [2.75, 3.05) is 4.72 Å². The molecular formula is C20H28N2O2S2. The first-order chi connectivity index (χ1) is 12.3. The molecule has 0 unspecified atom stereocenters. The highest BCUT2D eigenvalue weighted by Crippen LogP contribution is 2.34. The summed E-state index contributed by atoms with van der Waals surface area (Å²) in [6.45, 7) is 6.47. The Labute approximate surface area is 161 Å². The van der Waals surface area contributed by atoms with E-state index in [1.807, 2.05) is 17.5 Å². The van der Waals surface area contributed by atoms with Gasteiger partial charge in [0.15, 0.2) is 5.13 Å². The maximum atomic E-state index is 12.7. The highest BCUT2D eigenvalue weighted by molar-refractivity contribution is 7.93. The lowest BCUT2D eigenvalue weighted by Crippen LogP contribution is -2.17. The summed E-state index contributed by atoms with van der Waals surface area (Å²) in [5.41, 5.74) is 2.22. The SMILES string of the molecule is CCC(C)(C)c1ccc(S(=O)(=O)Nc2nc(C3CCCCC3)cs2)cc1. The molecule has 4 nitrogen and oxygen atoms in total. The minimum Gasteiger partial charge on any atom is -0.255 e. The average Bonchev–Trinajstić information content (AvgIpc) is 3.10. The highest BCUT2D eigenvalue weighted by Gasteiger charge is 2.22. The molecule has 0 aliphatic heterocycles. The van der Waals surface area contributed by atoms with E-state index >= 15 is 0 Å². The molecule has 1 aromatic carbocycles. The molecule has 0 amide bonds. The van der Waals surface area contributed by atoms with E-state index in [4.69, 9.17) is 0 Å². The molecule has 0 saturated heterocycles. The Morgan fingerprint density at radius 3 is 2.42 bits per heavy atom. The van der Waals surface area contributed by atoms with Crippen LogP contribution in [-0.2, 0) is 15.4 Å². The van der Waals surface area contributed by atoms with Crippen molar-refractivity contribution in [3.05, 3.63) is 40.9 Å². The number of anilines is 1. The number of thiazole rings is 1. The first-order valence-electron chi connectivity index (χ1n) is 9.40. The van der Waals surface area contributed by atoms with Crippen LogP contribution in [0.1, 0.15) is 76.5 Å². The zero-order chi connectivity index (χ0) is 18.8. The van der Waals surface area contributed by atoms with Crippen molar-refractivity contribution in [2.24, 2.45) is 0 Å². The van der Waals surface area contributed by atoms with Gasteiger partial charge in [0.25, 0.3) is 10.0 Å². The van der Waals surface area contributed by atoms with Gasteiger partial charge in [-0.2, -0.15) is 0 Å². The van der Waals surface area contributed by atoms with Crippen LogP contribution in [0.25, 0.3) is 0 Å². The molecule has 26 heavy (non-hydrogen) atoms. The van der Waals surface area contributed by atoms with Crippen LogP contribution >= 0.6 is 11.3 Å². The van der Waals surface area contributed by atoms with Crippen LogP contribution in [0.2, 0.25) is 0 Å². The van der Waals surface area contributed by atoms with E-state index in [0.29, 0.717) is 11.0 Å². The number of nitrogens with one attached hydrogen (secondary N) is 1. The van der Waals surface area contributed by atoms with Crippen LogP contribution in [0.4, 0.5) is 5.13 Å². The molecule has 1 fully saturated rings. The molecule has 1 saturated carbocycles. The molecule has 0 bridgehead atoms. The standard InChI is InChI=1S/C20H28N2O2S2/c1-4-20(2,3)16-10-12-17(13-11-16)26(23,24)22-19-21-18(14-25-19)15-8-6-5-7-9-15/h10-15H,4-9H2,1-3H3,(H,21,22). The van der Waals surface area contributed by atoms with E-state index in [-0.39, 0.29) is 10.3 Å². The summed E-state index contributed by atoms with van der Waals surface area (Å²) in [6.07, 6.45) is 7.09. The number of hydrogen-bond acceptors (Lipinski definition) is 4. The van der Waals surface area contributed by atoms with Gasteiger partial charge in [0.05, 0.1) is 10.6 Å². The Bertz CT molecular complexity index is 833. The smallest absolute Gasteiger partial charge is 0.255 e. The van der Waals surface area contributed by atoms with E-state index in [2.05, 4.69) is 30.5 Å². The molecule has 1 N–H and O–H groups in total. The Morgan fingerprint density at radius 1 is 1.15 bits per heavy atom. The molecule has 6 heteroatoms. The van der Waals surface area contributed by atoms with Crippen molar-refractivity contribution < 1.29 is 8.42 Å². The summed E-state index contributed by atoms with van der Waals surface area (Å²) in [7, 11) is -3.60.